The van der Waals surface area contributed by atoms with Gasteiger partial charge in [0.2, 0.25) is 0 Å². The number of rotatable bonds is 11. The van der Waals surface area contributed by atoms with E-state index in [0.717, 1.165) is 34.8 Å². The summed E-state index contributed by atoms with van der Waals surface area (Å²) in [6, 6.07) is 22.3. The van der Waals surface area contributed by atoms with E-state index >= 15 is 0 Å². The van der Waals surface area contributed by atoms with Crippen LogP contribution in [0.25, 0.3) is 11.0 Å². The van der Waals surface area contributed by atoms with Gasteiger partial charge in [-0.1, -0.05) is 23.7 Å². The number of halogens is 1. The largest absolute Gasteiger partial charge is 0.497 e. The summed E-state index contributed by atoms with van der Waals surface area (Å²) in [7, 11) is 1.64. The summed E-state index contributed by atoms with van der Waals surface area (Å²) in [6.45, 7) is 1.48. The smallest absolute Gasteiger partial charge is 0.258 e. The molecule has 0 aliphatic rings. The van der Waals surface area contributed by atoms with Crippen molar-refractivity contribution in [3.63, 3.8) is 0 Å². The second kappa shape index (κ2) is 11.4. The van der Waals surface area contributed by atoms with Crippen molar-refractivity contribution < 1.29 is 19.0 Å². The predicted octanol–water partition coefficient (Wildman–Crippen LogP) is 4.86. The van der Waals surface area contributed by atoms with E-state index in [-0.39, 0.29) is 12.5 Å². The highest BCUT2D eigenvalue weighted by atomic mass is 35.5. The van der Waals surface area contributed by atoms with Crippen molar-refractivity contribution in [2.45, 2.75) is 19.5 Å². The first-order chi connectivity index (χ1) is 16.6. The molecule has 0 saturated carbocycles. The van der Waals surface area contributed by atoms with Gasteiger partial charge in [-0.25, -0.2) is 4.98 Å². The Hall–Kier alpha value is -3.71. The van der Waals surface area contributed by atoms with Crippen LogP contribution in [0.4, 0.5) is 0 Å². The summed E-state index contributed by atoms with van der Waals surface area (Å²) in [5, 5.41) is 3.51. The molecule has 1 amide bonds. The van der Waals surface area contributed by atoms with Crippen LogP contribution in [-0.2, 0) is 17.9 Å². The van der Waals surface area contributed by atoms with Gasteiger partial charge in [0.1, 0.15) is 23.1 Å². The number of aryl methyl sites for hydroxylation is 1. The lowest BCUT2D eigenvalue weighted by Crippen LogP contribution is -2.29. The quantitative estimate of drug-likeness (QED) is 0.311. The highest BCUT2D eigenvalue weighted by molar-refractivity contribution is 6.30. The molecule has 0 bridgehead atoms. The zero-order chi connectivity index (χ0) is 23.8. The Morgan fingerprint density at radius 3 is 2.38 bits per heavy atom. The van der Waals surface area contributed by atoms with Crippen molar-refractivity contribution in [3.05, 3.63) is 83.6 Å². The van der Waals surface area contributed by atoms with Crippen molar-refractivity contribution >= 4 is 28.5 Å². The number of para-hydroxylation sites is 2. The number of aromatic nitrogens is 2. The number of imidazole rings is 1. The standard InChI is InChI=1S/C26H26ClN3O4/c1-32-20-11-13-21(14-12-20)33-16-4-15-30-24-6-3-2-5-23(24)29-25(30)17-28-26(31)18-34-22-9-7-19(27)8-10-22/h2-3,5-14H,4,15-18H2,1H3,(H,28,31). The Kier molecular flexibility index (Phi) is 7.88. The number of ether oxygens (including phenoxy) is 3. The molecule has 176 valence electrons. The number of nitrogens with one attached hydrogen (secondary N) is 1. The summed E-state index contributed by atoms with van der Waals surface area (Å²) < 4.78 is 18.7. The molecule has 7 nitrogen and oxygen atoms in total. The van der Waals surface area contributed by atoms with Gasteiger partial charge in [-0.15, -0.1) is 0 Å². The van der Waals surface area contributed by atoms with Crippen molar-refractivity contribution in [3.8, 4) is 17.2 Å². The van der Waals surface area contributed by atoms with E-state index in [1.54, 1.807) is 31.4 Å². The molecular formula is C26H26ClN3O4. The Balaban J connectivity index is 1.32. The van der Waals surface area contributed by atoms with Crippen LogP contribution >= 0.6 is 11.6 Å². The number of hydrogen-bond acceptors (Lipinski definition) is 5. The van der Waals surface area contributed by atoms with Gasteiger partial charge in [0.15, 0.2) is 6.61 Å². The van der Waals surface area contributed by atoms with E-state index in [2.05, 4.69) is 9.88 Å². The average molecular weight is 480 g/mol. The summed E-state index contributed by atoms with van der Waals surface area (Å²) in [4.78, 5) is 17.0. The fraction of sp³-hybridized carbons (Fsp3) is 0.231. The van der Waals surface area contributed by atoms with Crippen LogP contribution < -0.4 is 19.5 Å². The molecule has 0 unspecified atom stereocenters. The highest BCUT2D eigenvalue weighted by Crippen LogP contribution is 2.19. The number of hydrogen-bond donors (Lipinski definition) is 1. The van der Waals surface area contributed by atoms with Crippen LogP contribution in [-0.4, -0.2) is 35.8 Å². The second-order valence-electron chi connectivity index (χ2n) is 7.57. The Morgan fingerprint density at radius 2 is 1.62 bits per heavy atom. The van der Waals surface area contributed by atoms with Gasteiger partial charge in [0.05, 0.1) is 31.3 Å². The first-order valence-electron chi connectivity index (χ1n) is 11.0. The van der Waals surface area contributed by atoms with Crippen molar-refractivity contribution in [2.24, 2.45) is 0 Å². The van der Waals surface area contributed by atoms with Crippen LogP contribution in [0.15, 0.2) is 72.8 Å². The van der Waals surface area contributed by atoms with E-state index in [1.165, 1.54) is 0 Å². The van der Waals surface area contributed by atoms with Gasteiger partial charge in [-0.05, 0) is 67.1 Å². The predicted molar refractivity (Wildman–Crippen MR) is 132 cm³/mol. The average Bonchev–Trinajstić information content (AvgIpc) is 3.22. The number of fused-ring (bicyclic) bond motifs is 1. The summed E-state index contributed by atoms with van der Waals surface area (Å²) in [5.41, 5.74) is 1.91. The van der Waals surface area contributed by atoms with E-state index in [0.29, 0.717) is 30.5 Å². The number of carbonyl (C=O) groups is 1. The first-order valence-corrected chi connectivity index (χ1v) is 11.4. The summed E-state index contributed by atoms with van der Waals surface area (Å²) >= 11 is 5.87. The minimum atomic E-state index is -0.226. The zero-order valence-electron chi connectivity index (χ0n) is 18.9. The van der Waals surface area contributed by atoms with Gasteiger partial charge in [0.25, 0.3) is 5.91 Å². The Morgan fingerprint density at radius 1 is 0.941 bits per heavy atom. The van der Waals surface area contributed by atoms with Crippen LogP contribution in [0.5, 0.6) is 17.2 Å². The number of nitrogens with zero attached hydrogens (tertiary/aromatic N) is 2. The van der Waals surface area contributed by atoms with Crippen LogP contribution in [0.3, 0.4) is 0 Å². The lowest BCUT2D eigenvalue weighted by Gasteiger charge is -2.12. The maximum Gasteiger partial charge on any atom is 0.258 e. The van der Waals surface area contributed by atoms with Gasteiger partial charge in [0, 0.05) is 11.6 Å². The molecule has 1 aromatic heterocycles. The first kappa shape index (κ1) is 23.4. The molecule has 0 radical (unpaired) electrons. The third kappa shape index (κ3) is 6.20. The summed E-state index contributed by atoms with van der Waals surface area (Å²) in [5.74, 6) is 2.73. The van der Waals surface area contributed by atoms with Gasteiger partial charge in [-0.2, -0.15) is 0 Å². The zero-order valence-corrected chi connectivity index (χ0v) is 19.6. The van der Waals surface area contributed by atoms with E-state index in [4.69, 9.17) is 30.8 Å². The van der Waals surface area contributed by atoms with Gasteiger partial charge < -0.3 is 24.1 Å². The number of amides is 1. The highest BCUT2D eigenvalue weighted by Gasteiger charge is 2.12. The monoisotopic (exact) mass is 479 g/mol. The van der Waals surface area contributed by atoms with E-state index < -0.39 is 0 Å². The SMILES string of the molecule is COc1ccc(OCCCn2c(CNC(=O)COc3ccc(Cl)cc3)nc3ccccc32)cc1. The van der Waals surface area contributed by atoms with Crippen LogP contribution in [0, 0.1) is 0 Å². The topological polar surface area (TPSA) is 74.6 Å². The molecule has 4 aromatic rings. The lowest BCUT2D eigenvalue weighted by atomic mass is 10.3. The fourth-order valence-corrected chi connectivity index (χ4v) is 3.63. The summed E-state index contributed by atoms with van der Waals surface area (Å²) in [6.07, 6.45) is 0.785. The van der Waals surface area contributed by atoms with Crippen molar-refractivity contribution in [1.82, 2.24) is 14.9 Å². The maximum atomic E-state index is 12.3. The number of benzene rings is 3. The van der Waals surface area contributed by atoms with E-state index in [1.807, 2.05) is 48.5 Å². The third-order valence-electron chi connectivity index (χ3n) is 5.22. The minimum absolute atomic E-state index is 0.0858. The molecule has 0 fully saturated rings. The molecule has 1 heterocycles. The molecule has 0 atom stereocenters. The van der Waals surface area contributed by atoms with Crippen molar-refractivity contribution in [2.75, 3.05) is 20.3 Å². The van der Waals surface area contributed by atoms with Crippen LogP contribution in [0.2, 0.25) is 5.02 Å². The Labute approximate surface area is 203 Å². The molecular weight excluding hydrogens is 454 g/mol. The molecule has 8 heteroatoms. The Bertz CT molecular complexity index is 1220. The molecule has 1 N–H and O–H groups in total. The van der Waals surface area contributed by atoms with Gasteiger partial charge in [-0.3, -0.25) is 4.79 Å². The van der Waals surface area contributed by atoms with E-state index in [9.17, 15) is 4.79 Å². The molecule has 4 rings (SSSR count). The number of methoxy groups -OCH3 is 1. The molecule has 34 heavy (non-hydrogen) atoms. The van der Waals surface area contributed by atoms with Crippen molar-refractivity contribution in [1.29, 1.82) is 0 Å². The molecule has 0 saturated heterocycles. The molecule has 0 aliphatic heterocycles. The minimum Gasteiger partial charge on any atom is -0.497 e. The molecule has 3 aromatic carbocycles. The molecule has 0 spiro atoms. The lowest BCUT2D eigenvalue weighted by molar-refractivity contribution is -0.123. The third-order valence-corrected chi connectivity index (χ3v) is 5.47. The fourth-order valence-electron chi connectivity index (χ4n) is 3.50. The van der Waals surface area contributed by atoms with Gasteiger partial charge >= 0.3 is 0 Å². The molecule has 0 aliphatic carbocycles. The second-order valence-corrected chi connectivity index (χ2v) is 8.00. The maximum absolute atomic E-state index is 12.3. The van der Waals surface area contributed by atoms with Crippen LogP contribution in [0.1, 0.15) is 12.2 Å². The normalized spacial score (nSPS) is 10.8. The number of carbonyl (C=O) groups excluding carboxylic acids is 1.